The highest BCUT2D eigenvalue weighted by Crippen LogP contribution is 2.41. The topological polar surface area (TPSA) is 44.5 Å². The Hall–Kier alpha value is -0.770. The molecular weight excluding hydrogens is 298 g/mol. The molecule has 1 aliphatic carbocycles. The predicted molar refractivity (Wildman–Crippen MR) is 89.7 cm³/mol. The third-order valence-electron chi connectivity index (χ3n) is 5.22. The van der Waals surface area contributed by atoms with Crippen LogP contribution >= 0.6 is 11.6 Å². The molecule has 2 aliphatic rings. The summed E-state index contributed by atoms with van der Waals surface area (Å²) in [7, 11) is 0. The zero-order valence-corrected chi connectivity index (χ0v) is 14.1. The summed E-state index contributed by atoms with van der Waals surface area (Å²) >= 11 is 6.46. The molecule has 22 heavy (non-hydrogen) atoms. The summed E-state index contributed by atoms with van der Waals surface area (Å²) in [6, 6.07) is 6.22. The van der Waals surface area contributed by atoms with Gasteiger partial charge in [-0.2, -0.15) is 0 Å². The lowest BCUT2D eigenvalue weighted by atomic mass is 9.69. The lowest BCUT2D eigenvalue weighted by Gasteiger charge is -2.38. The fourth-order valence-electron chi connectivity index (χ4n) is 3.57. The zero-order chi connectivity index (χ0) is 15.6. The molecule has 0 aromatic heterocycles. The van der Waals surface area contributed by atoms with Gasteiger partial charge < -0.3 is 15.2 Å². The van der Waals surface area contributed by atoms with Gasteiger partial charge in [0.1, 0.15) is 5.75 Å². The van der Waals surface area contributed by atoms with Crippen molar-refractivity contribution in [2.45, 2.75) is 44.4 Å². The maximum Gasteiger partial charge on any atom is 0.137 e. The molecule has 0 atom stereocenters. The van der Waals surface area contributed by atoms with Crippen LogP contribution < -0.4 is 10.5 Å². The third-order valence-corrected chi connectivity index (χ3v) is 5.52. The van der Waals surface area contributed by atoms with Gasteiger partial charge in [-0.3, -0.25) is 0 Å². The number of ether oxygens (including phenoxy) is 2. The molecule has 1 aromatic carbocycles. The first-order chi connectivity index (χ1) is 10.6. The maximum atomic E-state index is 6.46. The molecular formula is C18H26ClNO2. The third kappa shape index (κ3) is 3.12. The van der Waals surface area contributed by atoms with E-state index in [9.17, 15) is 0 Å². The van der Waals surface area contributed by atoms with Crippen molar-refractivity contribution in [3.63, 3.8) is 0 Å². The van der Waals surface area contributed by atoms with Gasteiger partial charge in [-0.15, -0.1) is 0 Å². The Kier molecular flexibility index (Phi) is 4.67. The van der Waals surface area contributed by atoms with Crippen LogP contribution in [0.25, 0.3) is 0 Å². The van der Waals surface area contributed by atoms with Crippen LogP contribution in [0, 0.1) is 5.41 Å². The summed E-state index contributed by atoms with van der Waals surface area (Å²) in [4.78, 5) is 0. The van der Waals surface area contributed by atoms with E-state index in [4.69, 9.17) is 26.8 Å². The Morgan fingerprint density at radius 2 is 1.95 bits per heavy atom. The van der Waals surface area contributed by atoms with Gasteiger partial charge in [0.2, 0.25) is 0 Å². The van der Waals surface area contributed by atoms with Crippen molar-refractivity contribution in [3.8, 4) is 5.75 Å². The fourth-order valence-corrected chi connectivity index (χ4v) is 3.81. The summed E-state index contributed by atoms with van der Waals surface area (Å²) in [6.45, 7) is 5.04. The Bertz CT molecular complexity index is 522. The maximum absolute atomic E-state index is 6.46. The van der Waals surface area contributed by atoms with Crippen LogP contribution in [-0.4, -0.2) is 26.4 Å². The normalized spacial score (nSPS) is 22.9. The summed E-state index contributed by atoms with van der Waals surface area (Å²) in [5.41, 5.74) is 7.61. The van der Waals surface area contributed by atoms with Crippen molar-refractivity contribution < 1.29 is 9.47 Å². The largest absolute Gasteiger partial charge is 0.491 e. The van der Waals surface area contributed by atoms with E-state index >= 15 is 0 Å². The number of hydrogen-bond donors (Lipinski definition) is 1. The van der Waals surface area contributed by atoms with E-state index < -0.39 is 0 Å². The van der Waals surface area contributed by atoms with Crippen molar-refractivity contribution in [1.82, 2.24) is 0 Å². The molecule has 0 unspecified atom stereocenters. The molecule has 3 nitrogen and oxygen atoms in total. The monoisotopic (exact) mass is 323 g/mol. The Morgan fingerprint density at radius 3 is 2.50 bits per heavy atom. The van der Waals surface area contributed by atoms with Crippen LogP contribution in [0.3, 0.4) is 0 Å². The van der Waals surface area contributed by atoms with E-state index in [-0.39, 0.29) is 10.8 Å². The second kappa shape index (κ2) is 6.38. The molecule has 0 bridgehead atoms. The highest BCUT2D eigenvalue weighted by atomic mass is 35.5. The van der Waals surface area contributed by atoms with Gasteiger partial charge in [-0.1, -0.05) is 43.9 Å². The average Bonchev–Trinajstić information content (AvgIpc) is 2.52. The van der Waals surface area contributed by atoms with Gasteiger partial charge in [0.15, 0.2) is 0 Å². The number of rotatable bonds is 5. The van der Waals surface area contributed by atoms with Crippen molar-refractivity contribution in [2.75, 3.05) is 26.4 Å². The minimum Gasteiger partial charge on any atom is -0.491 e. The summed E-state index contributed by atoms with van der Waals surface area (Å²) in [5.74, 6) is 0.765. The van der Waals surface area contributed by atoms with E-state index in [0.717, 1.165) is 31.8 Å². The first-order valence-corrected chi connectivity index (χ1v) is 8.65. The van der Waals surface area contributed by atoms with E-state index in [1.54, 1.807) is 0 Å². The smallest absolute Gasteiger partial charge is 0.137 e. The molecule has 2 fully saturated rings. The van der Waals surface area contributed by atoms with E-state index in [2.05, 4.69) is 19.1 Å². The van der Waals surface area contributed by atoms with Crippen molar-refractivity contribution in [3.05, 3.63) is 28.8 Å². The molecule has 122 valence electrons. The second-order valence-corrected chi connectivity index (χ2v) is 7.69. The first kappa shape index (κ1) is 16.1. The van der Waals surface area contributed by atoms with Crippen LogP contribution in [0.4, 0.5) is 0 Å². The molecule has 2 N–H and O–H groups in total. The van der Waals surface area contributed by atoms with Gasteiger partial charge >= 0.3 is 0 Å². The van der Waals surface area contributed by atoms with Crippen molar-refractivity contribution in [1.29, 1.82) is 0 Å². The Morgan fingerprint density at radius 1 is 1.23 bits per heavy atom. The molecule has 0 radical (unpaired) electrons. The molecule has 1 aliphatic heterocycles. The quantitative estimate of drug-likeness (QED) is 0.893. The molecule has 4 heteroatoms. The van der Waals surface area contributed by atoms with Gasteiger partial charge in [0.05, 0.1) is 24.8 Å². The standard InChI is InChI=1S/C18H26ClNO2/c1-17(11-21-12-17)13-22-16-6-5-14(9-15(16)19)18(10-20)7-3-2-4-8-18/h5-6,9H,2-4,7-8,10-13,20H2,1H3. The minimum absolute atomic E-state index is 0.105. The molecule has 1 heterocycles. The lowest BCUT2D eigenvalue weighted by Crippen LogP contribution is -2.44. The lowest BCUT2D eigenvalue weighted by molar-refractivity contribution is -0.120. The number of halogens is 1. The number of nitrogens with two attached hydrogens (primary N) is 1. The van der Waals surface area contributed by atoms with E-state index in [0.29, 0.717) is 18.2 Å². The number of benzene rings is 1. The van der Waals surface area contributed by atoms with E-state index in [1.807, 2.05) is 6.07 Å². The number of hydrogen-bond acceptors (Lipinski definition) is 3. The molecule has 0 spiro atoms. The van der Waals surface area contributed by atoms with Gasteiger partial charge in [0, 0.05) is 17.4 Å². The Labute approximate surface area is 138 Å². The first-order valence-electron chi connectivity index (χ1n) is 8.28. The van der Waals surface area contributed by atoms with Gasteiger partial charge in [0.25, 0.3) is 0 Å². The van der Waals surface area contributed by atoms with Crippen LogP contribution in [0.1, 0.15) is 44.6 Å². The van der Waals surface area contributed by atoms with Crippen LogP contribution in [0.2, 0.25) is 5.02 Å². The van der Waals surface area contributed by atoms with Crippen LogP contribution in [0.5, 0.6) is 5.75 Å². The van der Waals surface area contributed by atoms with Gasteiger partial charge in [-0.25, -0.2) is 0 Å². The molecule has 0 amide bonds. The highest BCUT2D eigenvalue weighted by Gasteiger charge is 2.35. The zero-order valence-electron chi connectivity index (χ0n) is 13.4. The Balaban J connectivity index is 1.73. The predicted octanol–water partition coefficient (Wildman–Crippen LogP) is 3.92. The highest BCUT2D eigenvalue weighted by molar-refractivity contribution is 6.32. The van der Waals surface area contributed by atoms with Crippen molar-refractivity contribution in [2.24, 2.45) is 11.1 Å². The SMILES string of the molecule is CC1(COc2ccc(C3(CN)CCCCC3)cc2Cl)COC1. The molecule has 1 saturated carbocycles. The summed E-state index contributed by atoms with van der Waals surface area (Å²) < 4.78 is 11.2. The molecule has 1 aromatic rings. The second-order valence-electron chi connectivity index (χ2n) is 7.28. The van der Waals surface area contributed by atoms with Crippen LogP contribution in [-0.2, 0) is 10.2 Å². The molecule has 1 saturated heterocycles. The van der Waals surface area contributed by atoms with Gasteiger partial charge in [-0.05, 0) is 30.5 Å². The summed E-state index contributed by atoms with van der Waals surface area (Å²) in [5, 5.41) is 0.694. The van der Waals surface area contributed by atoms with Crippen LogP contribution in [0.15, 0.2) is 18.2 Å². The average molecular weight is 324 g/mol. The minimum atomic E-state index is 0.105. The van der Waals surface area contributed by atoms with E-state index in [1.165, 1.54) is 24.8 Å². The summed E-state index contributed by atoms with van der Waals surface area (Å²) in [6.07, 6.45) is 6.15. The van der Waals surface area contributed by atoms with Crippen molar-refractivity contribution >= 4 is 11.6 Å². The fraction of sp³-hybridized carbons (Fsp3) is 0.667. The molecule has 3 rings (SSSR count).